The number of carbonyl (C=O) groups is 1. The predicted molar refractivity (Wildman–Crippen MR) is 66.8 cm³/mol. The lowest BCUT2D eigenvalue weighted by atomic mass is 9.96. The summed E-state index contributed by atoms with van der Waals surface area (Å²) >= 11 is 0. The number of para-hydroxylation sites is 1. The van der Waals surface area contributed by atoms with Crippen LogP contribution in [0.4, 0.5) is 0 Å². The third-order valence-electron chi connectivity index (χ3n) is 4.21. The molecule has 4 rings (SSSR count). The Hall–Kier alpha value is -1.81. The van der Waals surface area contributed by atoms with Crippen molar-refractivity contribution in [2.45, 2.75) is 31.5 Å². The largest absolute Gasteiger partial charge is 0.385 e. The summed E-state index contributed by atoms with van der Waals surface area (Å²) in [7, 11) is 0. The summed E-state index contributed by atoms with van der Waals surface area (Å²) in [5.41, 5.74) is 3.01. The smallest absolute Gasteiger partial charge is 0.223 e. The summed E-state index contributed by atoms with van der Waals surface area (Å²) in [6.45, 7) is 0.625. The standard InChI is InChI=1S/C14H14N2O2/c17-12-6-5-11-14(18)13-9(7-16(11)12)8-3-1-2-4-10(8)15-13/h1-4,11,14-15,18H,5-7H2/t11-,14-/m0/s1. The Morgan fingerprint density at radius 3 is 3.06 bits per heavy atom. The fourth-order valence-corrected chi connectivity index (χ4v) is 3.30. The molecule has 2 atom stereocenters. The number of nitrogens with one attached hydrogen (secondary N) is 1. The molecule has 1 fully saturated rings. The number of aliphatic hydroxyl groups excluding tert-OH is 1. The molecule has 92 valence electrons. The Bertz CT molecular complexity index is 646. The molecule has 0 bridgehead atoms. The molecular formula is C14H14N2O2. The van der Waals surface area contributed by atoms with Crippen LogP contribution in [0.3, 0.4) is 0 Å². The van der Waals surface area contributed by atoms with E-state index in [1.165, 1.54) is 0 Å². The molecule has 1 aromatic carbocycles. The number of aromatic amines is 1. The molecule has 2 aromatic rings. The fraction of sp³-hybridized carbons (Fsp3) is 0.357. The van der Waals surface area contributed by atoms with Crippen molar-refractivity contribution in [3.63, 3.8) is 0 Å². The van der Waals surface area contributed by atoms with Crippen molar-refractivity contribution in [3.8, 4) is 0 Å². The van der Waals surface area contributed by atoms with Gasteiger partial charge in [-0.05, 0) is 12.5 Å². The number of aliphatic hydroxyl groups is 1. The van der Waals surface area contributed by atoms with Gasteiger partial charge >= 0.3 is 0 Å². The lowest BCUT2D eigenvalue weighted by Gasteiger charge is -2.33. The van der Waals surface area contributed by atoms with E-state index in [9.17, 15) is 9.90 Å². The van der Waals surface area contributed by atoms with Crippen molar-refractivity contribution < 1.29 is 9.90 Å². The van der Waals surface area contributed by atoms with Gasteiger partial charge in [0.2, 0.25) is 5.91 Å². The zero-order chi connectivity index (χ0) is 12.3. The molecule has 2 aliphatic rings. The second-order valence-electron chi connectivity index (χ2n) is 5.14. The first kappa shape index (κ1) is 10.1. The van der Waals surface area contributed by atoms with E-state index >= 15 is 0 Å². The maximum absolute atomic E-state index is 11.8. The molecule has 0 saturated carbocycles. The number of rotatable bonds is 0. The fourth-order valence-electron chi connectivity index (χ4n) is 3.30. The second kappa shape index (κ2) is 3.36. The SMILES string of the molecule is O=C1CC[C@H]2[C@H](O)c3[nH]c4ccccc4c3CN12. The van der Waals surface area contributed by atoms with Crippen molar-refractivity contribution in [2.75, 3.05) is 0 Å². The third-order valence-corrected chi connectivity index (χ3v) is 4.21. The van der Waals surface area contributed by atoms with Gasteiger partial charge in [0.1, 0.15) is 6.10 Å². The van der Waals surface area contributed by atoms with Gasteiger partial charge in [0, 0.05) is 29.4 Å². The van der Waals surface area contributed by atoms with E-state index in [1.54, 1.807) is 0 Å². The molecule has 0 aliphatic carbocycles. The van der Waals surface area contributed by atoms with E-state index in [2.05, 4.69) is 4.98 Å². The molecule has 1 aromatic heterocycles. The van der Waals surface area contributed by atoms with Crippen LogP contribution in [0.25, 0.3) is 10.9 Å². The van der Waals surface area contributed by atoms with Gasteiger partial charge in [0.15, 0.2) is 0 Å². The minimum absolute atomic E-state index is 0.0435. The Labute approximate surface area is 104 Å². The maximum Gasteiger partial charge on any atom is 0.223 e. The summed E-state index contributed by atoms with van der Waals surface area (Å²) < 4.78 is 0. The van der Waals surface area contributed by atoms with Crippen LogP contribution >= 0.6 is 0 Å². The van der Waals surface area contributed by atoms with E-state index in [4.69, 9.17) is 0 Å². The van der Waals surface area contributed by atoms with Crippen LogP contribution in [-0.4, -0.2) is 26.9 Å². The molecule has 1 saturated heterocycles. The number of amides is 1. The van der Waals surface area contributed by atoms with Crippen molar-refractivity contribution in [1.82, 2.24) is 9.88 Å². The Kier molecular flexibility index (Phi) is 1.89. The summed E-state index contributed by atoms with van der Waals surface area (Å²) in [5, 5.41) is 11.5. The van der Waals surface area contributed by atoms with E-state index in [-0.39, 0.29) is 11.9 Å². The molecule has 4 heteroatoms. The summed E-state index contributed by atoms with van der Waals surface area (Å²) in [4.78, 5) is 17.0. The van der Waals surface area contributed by atoms with Crippen LogP contribution in [-0.2, 0) is 11.3 Å². The van der Waals surface area contributed by atoms with E-state index in [0.717, 1.165) is 28.6 Å². The molecule has 0 radical (unpaired) electrons. The number of benzene rings is 1. The van der Waals surface area contributed by atoms with E-state index in [0.29, 0.717) is 13.0 Å². The topological polar surface area (TPSA) is 56.3 Å². The highest BCUT2D eigenvalue weighted by Gasteiger charge is 2.42. The Morgan fingerprint density at radius 1 is 1.33 bits per heavy atom. The molecule has 1 amide bonds. The highest BCUT2D eigenvalue weighted by Crippen LogP contribution is 2.40. The first-order valence-electron chi connectivity index (χ1n) is 6.33. The molecule has 4 nitrogen and oxygen atoms in total. The number of hydrogen-bond donors (Lipinski definition) is 2. The van der Waals surface area contributed by atoms with Gasteiger partial charge in [-0.2, -0.15) is 0 Å². The van der Waals surface area contributed by atoms with Gasteiger partial charge in [-0.3, -0.25) is 4.79 Å². The van der Waals surface area contributed by atoms with Gasteiger partial charge in [0.05, 0.1) is 11.7 Å². The number of carbonyl (C=O) groups excluding carboxylic acids is 1. The van der Waals surface area contributed by atoms with Crippen LogP contribution in [0.15, 0.2) is 24.3 Å². The van der Waals surface area contributed by atoms with Crippen molar-refractivity contribution in [1.29, 1.82) is 0 Å². The Balaban J connectivity index is 1.93. The van der Waals surface area contributed by atoms with Crippen LogP contribution in [0, 0.1) is 0 Å². The minimum atomic E-state index is -0.576. The van der Waals surface area contributed by atoms with Crippen LogP contribution in [0.1, 0.15) is 30.2 Å². The average molecular weight is 242 g/mol. The molecule has 0 unspecified atom stereocenters. The first-order chi connectivity index (χ1) is 8.75. The van der Waals surface area contributed by atoms with Crippen molar-refractivity contribution in [2.24, 2.45) is 0 Å². The number of hydrogen-bond acceptors (Lipinski definition) is 2. The number of aromatic nitrogens is 1. The van der Waals surface area contributed by atoms with Gasteiger partial charge in [-0.1, -0.05) is 18.2 Å². The zero-order valence-corrected chi connectivity index (χ0v) is 9.89. The molecule has 0 spiro atoms. The highest BCUT2D eigenvalue weighted by atomic mass is 16.3. The van der Waals surface area contributed by atoms with Gasteiger partial charge < -0.3 is 15.0 Å². The zero-order valence-electron chi connectivity index (χ0n) is 9.89. The lowest BCUT2D eigenvalue weighted by molar-refractivity contribution is -0.131. The molecule has 2 aliphatic heterocycles. The van der Waals surface area contributed by atoms with Crippen LogP contribution < -0.4 is 0 Å². The van der Waals surface area contributed by atoms with Crippen molar-refractivity contribution >= 4 is 16.8 Å². The maximum atomic E-state index is 11.8. The normalized spacial score (nSPS) is 26.5. The summed E-state index contributed by atoms with van der Waals surface area (Å²) in [6.07, 6.45) is 0.742. The summed E-state index contributed by atoms with van der Waals surface area (Å²) in [5.74, 6) is 0.162. The van der Waals surface area contributed by atoms with E-state index < -0.39 is 6.10 Å². The molecule has 3 heterocycles. The number of H-pyrrole nitrogens is 1. The monoisotopic (exact) mass is 242 g/mol. The second-order valence-corrected chi connectivity index (χ2v) is 5.14. The number of fused-ring (bicyclic) bond motifs is 4. The van der Waals surface area contributed by atoms with Crippen LogP contribution in [0.5, 0.6) is 0 Å². The lowest BCUT2D eigenvalue weighted by Crippen LogP contribution is -2.40. The average Bonchev–Trinajstić information content (AvgIpc) is 2.93. The van der Waals surface area contributed by atoms with Crippen molar-refractivity contribution in [3.05, 3.63) is 35.5 Å². The van der Waals surface area contributed by atoms with Gasteiger partial charge in [0.25, 0.3) is 0 Å². The highest BCUT2D eigenvalue weighted by molar-refractivity contribution is 5.87. The van der Waals surface area contributed by atoms with E-state index in [1.807, 2.05) is 29.2 Å². The predicted octanol–water partition coefficient (Wildman–Crippen LogP) is 1.71. The number of nitrogens with zero attached hydrogens (tertiary/aromatic N) is 1. The van der Waals surface area contributed by atoms with Crippen LogP contribution in [0.2, 0.25) is 0 Å². The van der Waals surface area contributed by atoms with Gasteiger partial charge in [-0.25, -0.2) is 0 Å². The molecule has 2 N–H and O–H groups in total. The summed E-state index contributed by atoms with van der Waals surface area (Å²) in [6, 6.07) is 7.97. The quantitative estimate of drug-likeness (QED) is 0.739. The molecular weight excluding hydrogens is 228 g/mol. The molecule has 18 heavy (non-hydrogen) atoms. The Morgan fingerprint density at radius 2 is 2.17 bits per heavy atom. The van der Waals surface area contributed by atoms with Gasteiger partial charge in [-0.15, -0.1) is 0 Å². The minimum Gasteiger partial charge on any atom is -0.385 e. The first-order valence-corrected chi connectivity index (χ1v) is 6.33. The third kappa shape index (κ3) is 1.16.